The van der Waals surface area contributed by atoms with E-state index in [0.717, 1.165) is 17.5 Å². The Bertz CT molecular complexity index is 593. The van der Waals surface area contributed by atoms with Crippen molar-refractivity contribution in [3.05, 3.63) is 51.5 Å². The molecule has 6 heteroatoms. The van der Waals surface area contributed by atoms with Crippen LogP contribution in [0.3, 0.4) is 0 Å². The van der Waals surface area contributed by atoms with E-state index in [4.69, 9.17) is 0 Å². The molecule has 0 fully saturated rings. The van der Waals surface area contributed by atoms with Gasteiger partial charge in [0.25, 0.3) is 0 Å². The van der Waals surface area contributed by atoms with Crippen LogP contribution in [-0.4, -0.2) is 11.5 Å². The highest BCUT2D eigenvalue weighted by atomic mass is 32.1. The number of hydrogen-bond donors (Lipinski definition) is 1. The molecule has 0 spiro atoms. The zero-order valence-electron chi connectivity index (χ0n) is 11.9. The second-order valence-electron chi connectivity index (χ2n) is 4.61. The van der Waals surface area contributed by atoms with Crippen molar-refractivity contribution in [1.29, 1.82) is 0 Å². The molecule has 0 aliphatic heterocycles. The van der Waals surface area contributed by atoms with Gasteiger partial charge in [-0.1, -0.05) is 38.1 Å². The quantitative estimate of drug-likeness (QED) is 0.883. The molecule has 1 N–H and O–H groups in total. The molecule has 0 saturated carbocycles. The second kappa shape index (κ2) is 6.58. The lowest BCUT2D eigenvalue weighted by Gasteiger charge is -2.19. The summed E-state index contributed by atoms with van der Waals surface area (Å²) in [5.41, 5.74) is 2.14. The van der Waals surface area contributed by atoms with E-state index in [9.17, 15) is 13.2 Å². The summed E-state index contributed by atoms with van der Waals surface area (Å²) in [5.74, 6) is 0. The van der Waals surface area contributed by atoms with E-state index in [1.54, 1.807) is 0 Å². The van der Waals surface area contributed by atoms with E-state index in [0.29, 0.717) is 22.8 Å². The number of rotatable bonds is 5. The number of nitrogens with one attached hydrogen (secondary N) is 1. The van der Waals surface area contributed by atoms with Crippen molar-refractivity contribution in [3.63, 3.8) is 0 Å². The van der Waals surface area contributed by atoms with Gasteiger partial charge in [-0.05, 0) is 24.1 Å². The molecule has 0 bridgehead atoms. The Labute approximate surface area is 126 Å². The fraction of sp³-hybridized carbons (Fsp3) is 0.400. The smallest absolute Gasteiger partial charge is 0.306 e. The van der Waals surface area contributed by atoms with E-state index in [1.165, 1.54) is 6.20 Å². The number of alkyl halides is 3. The summed E-state index contributed by atoms with van der Waals surface area (Å²) in [5, 5.41) is 2.46. The first-order chi connectivity index (χ1) is 9.97. The predicted octanol–water partition coefficient (Wildman–Crippen LogP) is 4.42. The maximum absolute atomic E-state index is 12.7. The molecule has 2 rings (SSSR count). The van der Waals surface area contributed by atoms with Crippen molar-refractivity contribution >= 4 is 11.3 Å². The van der Waals surface area contributed by atoms with Crippen molar-refractivity contribution in [2.75, 3.05) is 6.54 Å². The van der Waals surface area contributed by atoms with Gasteiger partial charge in [-0.15, -0.1) is 11.3 Å². The maximum atomic E-state index is 12.7. The number of aryl methyl sites for hydroxylation is 1. The minimum atomic E-state index is -4.38. The van der Waals surface area contributed by atoms with Crippen LogP contribution in [-0.2, 0) is 12.6 Å². The monoisotopic (exact) mass is 314 g/mol. The molecule has 0 saturated heterocycles. The van der Waals surface area contributed by atoms with Gasteiger partial charge < -0.3 is 5.32 Å². The molecule has 1 aromatic heterocycles. The number of benzene rings is 1. The molecule has 0 amide bonds. The summed E-state index contributed by atoms with van der Waals surface area (Å²) >= 11 is 0.703. The average molecular weight is 314 g/mol. The molecule has 0 radical (unpaired) electrons. The van der Waals surface area contributed by atoms with Gasteiger partial charge in [0, 0.05) is 11.1 Å². The summed E-state index contributed by atoms with van der Waals surface area (Å²) in [6.45, 7) is 4.64. The molecule has 2 nitrogen and oxygen atoms in total. The summed E-state index contributed by atoms with van der Waals surface area (Å²) in [6.07, 6.45) is -2.22. The molecule has 1 unspecified atom stereocenters. The van der Waals surface area contributed by atoms with Crippen LogP contribution in [0, 0.1) is 0 Å². The molecule has 2 aromatic rings. The van der Waals surface area contributed by atoms with Crippen LogP contribution in [0.4, 0.5) is 13.2 Å². The largest absolute Gasteiger partial charge is 0.443 e. The number of hydrogen-bond acceptors (Lipinski definition) is 3. The summed E-state index contributed by atoms with van der Waals surface area (Å²) in [7, 11) is 0. The first-order valence-electron chi connectivity index (χ1n) is 6.81. The number of nitrogens with zero attached hydrogens (tertiary/aromatic N) is 1. The number of aromatic nitrogens is 1. The average Bonchev–Trinajstić information content (AvgIpc) is 2.94. The Morgan fingerprint density at radius 3 is 2.52 bits per heavy atom. The van der Waals surface area contributed by atoms with Crippen LogP contribution in [0.15, 0.2) is 30.5 Å². The number of thiazole rings is 1. The Kier molecular flexibility index (Phi) is 5.00. The van der Waals surface area contributed by atoms with Gasteiger partial charge in [0.1, 0.15) is 0 Å². The normalized spacial score (nSPS) is 13.4. The Morgan fingerprint density at radius 1 is 1.24 bits per heavy atom. The third-order valence-electron chi connectivity index (χ3n) is 3.21. The fourth-order valence-corrected chi connectivity index (χ4v) is 3.13. The van der Waals surface area contributed by atoms with Crippen molar-refractivity contribution < 1.29 is 13.2 Å². The molecule has 21 heavy (non-hydrogen) atoms. The van der Waals surface area contributed by atoms with Crippen molar-refractivity contribution in [2.24, 2.45) is 0 Å². The lowest BCUT2D eigenvalue weighted by molar-refractivity contribution is -0.137. The van der Waals surface area contributed by atoms with Crippen LogP contribution in [0.1, 0.15) is 40.9 Å². The van der Waals surface area contributed by atoms with Crippen molar-refractivity contribution in [1.82, 2.24) is 10.3 Å². The van der Waals surface area contributed by atoms with E-state index in [2.05, 4.69) is 10.3 Å². The van der Waals surface area contributed by atoms with E-state index >= 15 is 0 Å². The van der Waals surface area contributed by atoms with Crippen molar-refractivity contribution in [2.45, 2.75) is 32.5 Å². The summed E-state index contributed by atoms with van der Waals surface area (Å²) in [6, 6.07) is 7.56. The molecule has 1 heterocycles. The van der Waals surface area contributed by atoms with E-state index in [1.807, 2.05) is 38.1 Å². The SMILES string of the molecule is CCNC(c1cnc(C(F)(F)F)s1)c1ccccc1CC. The Balaban J connectivity index is 2.41. The van der Waals surface area contributed by atoms with E-state index in [-0.39, 0.29) is 6.04 Å². The molecular formula is C15H17F3N2S. The molecule has 0 aliphatic rings. The van der Waals surface area contributed by atoms with Gasteiger partial charge in [0.15, 0.2) is 5.01 Å². The summed E-state index contributed by atoms with van der Waals surface area (Å²) < 4.78 is 38.2. The predicted molar refractivity (Wildman–Crippen MR) is 78.5 cm³/mol. The standard InChI is InChI=1S/C15H17F3N2S/c1-3-10-7-5-6-8-11(10)13(19-4-2)12-9-20-14(21-12)15(16,17)18/h5-9,13,19H,3-4H2,1-2H3. The second-order valence-corrected chi connectivity index (χ2v) is 5.67. The van der Waals surface area contributed by atoms with Crippen LogP contribution in [0.2, 0.25) is 0 Å². The summed E-state index contributed by atoms with van der Waals surface area (Å²) in [4.78, 5) is 4.11. The molecule has 114 valence electrons. The zero-order valence-corrected chi connectivity index (χ0v) is 12.7. The van der Waals surface area contributed by atoms with Crippen LogP contribution in [0.5, 0.6) is 0 Å². The fourth-order valence-electron chi connectivity index (χ4n) is 2.26. The van der Waals surface area contributed by atoms with Gasteiger partial charge in [-0.3, -0.25) is 0 Å². The molecule has 0 aliphatic carbocycles. The zero-order chi connectivity index (χ0) is 15.5. The van der Waals surface area contributed by atoms with Gasteiger partial charge in [-0.25, -0.2) is 4.98 Å². The van der Waals surface area contributed by atoms with Gasteiger partial charge in [0.2, 0.25) is 0 Å². The van der Waals surface area contributed by atoms with E-state index < -0.39 is 11.2 Å². The van der Waals surface area contributed by atoms with Crippen molar-refractivity contribution in [3.8, 4) is 0 Å². The van der Waals surface area contributed by atoms with Crippen LogP contribution >= 0.6 is 11.3 Å². The lowest BCUT2D eigenvalue weighted by atomic mass is 9.98. The van der Waals surface area contributed by atoms with Gasteiger partial charge in [-0.2, -0.15) is 13.2 Å². The third-order valence-corrected chi connectivity index (χ3v) is 4.31. The van der Waals surface area contributed by atoms with Gasteiger partial charge >= 0.3 is 6.18 Å². The Hall–Kier alpha value is -1.40. The first-order valence-corrected chi connectivity index (χ1v) is 7.63. The highest BCUT2D eigenvalue weighted by Crippen LogP contribution is 2.36. The highest BCUT2D eigenvalue weighted by Gasteiger charge is 2.35. The van der Waals surface area contributed by atoms with Gasteiger partial charge in [0.05, 0.1) is 6.04 Å². The van der Waals surface area contributed by atoms with Crippen LogP contribution in [0.25, 0.3) is 0 Å². The molecule has 1 aromatic carbocycles. The number of halogens is 3. The molecule has 1 atom stereocenters. The Morgan fingerprint density at radius 2 is 1.95 bits per heavy atom. The van der Waals surface area contributed by atoms with Crippen LogP contribution < -0.4 is 5.32 Å². The lowest BCUT2D eigenvalue weighted by Crippen LogP contribution is -2.22. The minimum Gasteiger partial charge on any atom is -0.306 e. The highest BCUT2D eigenvalue weighted by molar-refractivity contribution is 7.11. The third kappa shape index (κ3) is 3.63. The minimum absolute atomic E-state index is 0.250. The molecular weight excluding hydrogens is 297 g/mol. The topological polar surface area (TPSA) is 24.9 Å². The first kappa shape index (κ1) is 16.0. The maximum Gasteiger partial charge on any atom is 0.443 e.